The van der Waals surface area contributed by atoms with Crippen LogP contribution in [0.5, 0.6) is 0 Å². The third-order valence-electron chi connectivity index (χ3n) is 2.84. The van der Waals surface area contributed by atoms with Crippen molar-refractivity contribution in [2.45, 2.75) is 0 Å². The maximum Gasteiger partial charge on any atom is 0.274 e. The highest BCUT2D eigenvalue weighted by molar-refractivity contribution is 5.92. The van der Waals surface area contributed by atoms with Crippen molar-refractivity contribution in [3.63, 3.8) is 0 Å². The Hall–Kier alpha value is -2.24. The van der Waals surface area contributed by atoms with Gasteiger partial charge in [0.1, 0.15) is 5.69 Å². The standard InChI is InChI=1S/C12H14N4O2/c1-2-11(17)15-5-7-16(8-6-15)12(18)10-9-13-3-4-14-10/h2-4,9H,1,5-8H2. The highest BCUT2D eigenvalue weighted by Gasteiger charge is 2.24. The fraction of sp³-hybridized carbons (Fsp3) is 0.333. The topological polar surface area (TPSA) is 66.4 Å². The maximum atomic E-state index is 12.0. The van der Waals surface area contributed by atoms with Crippen LogP contribution in [0.25, 0.3) is 0 Å². The lowest BCUT2D eigenvalue weighted by Gasteiger charge is -2.33. The Morgan fingerprint density at radius 1 is 1.17 bits per heavy atom. The smallest absolute Gasteiger partial charge is 0.274 e. The number of piperazine rings is 1. The minimum atomic E-state index is -0.145. The van der Waals surface area contributed by atoms with Gasteiger partial charge < -0.3 is 9.80 Å². The molecule has 2 amide bonds. The summed E-state index contributed by atoms with van der Waals surface area (Å²) in [7, 11) is 0. The Morgan fingerprint density at radius 2 is 1.83 bits per heavy atom. The summed E-state index contributed by atoms with van der Waals surface area (Å²) in [6, 6.07) is 0. The van der Waals surface area contributed by atoms with Crippen LogP contribution < -0.4 is 0 Å². The number of amides is 2. The van der Waals surface area contributed by atoms with Crippen molar-refractivity contribution in [2.24, 2.45) is 0 Å². The molecule has 1 aliphatic rings. The molecule has 0 bridgehead atoms. The minimum absolute atomic E-state index is 0.0957. The molecule has 0 spiro atoms. The van der Waals surface area contributed by atoms with E-state index in [2.05, 4.69) is 16.5 Å². The van der Waals surface area contributed by atoms with Crippen molar-refractivity contribution in [3.05, 3.63) is 36.9 Å². The van der Waals surface area contributed by atoms with Crippen LogP contribution in [0.4, 0.5) is 0 Å². The molecule has 0 N–H and O–H groups in total. The molecule has 94 valence electrons. The van der Waals surface area contributed by atoms with Crippen LogP contribution in [-0.4, -0.2) is 57.8 Å². The van der Waals surface area contributed by atoms with E-state index in [4.69, 9.17) is 0 Å². The van der Waals surface area contributed by atoms with E-state index < -0.39 is 0 Å². The zero-order valence-corrected chi connectivity index (χ0v) is 9.95. The molecule has 2 heterocycles. The lowest BCUT2D eigenvalue weighted by Crippen LogP contribution is -2.50. The highest BCUT2D eigenvalue weighted by atomic mass is 16.2. The van der Waals surface area contributed by atoms with Gasteiger partial charge in [-0.05, 0) is 6.08 Å². The van der Waals surface area contributed by atoms with Crippen LogP contribution in [0.2, 0.25) is 0 Å². The van der Waals surface area contributed by atoms with E-state index in [1.54, 1.807) is 9.80 Å². The van der Waals surface area contributed by atoms with Gasteiger partial charge in [0, 0.05) is 38.6 Å². The van der Waals surface area contributed by atoms with Crippen molar-refractivity contribution in [3.8, 4) is 0 Å². The quantitative estimate of drug-likeness (QED) is 0.686. The van der Waals surface area contributed by atoms with Crippen LogP contribution in [-0.2, 0) is 4.79 Å². The fourth-order valence-electron chi connectivity index (χ4n) is 1.83. The van der Waals surface area contributed by atoms with E-state index >= 15 is 0 Å². The number of carbonyl (C=O) groups excluding carboxylic acids is 2. The molecule has 18 heavy (non-hydrogen) atoms. The molecule has 1 aliphatic heterocycles. The van der Waals surface area contributed by atoms with Crippen molar-refractivity contribution in [1.82, 2.24) is 19.8 Å². The van der Waals surface area contributed by atoms with Crippen molar-refractivity contribution >= 4 is 11.8 Å². The summed E-state index contributed by atoms with van der Waals surface area (Å²) < 4.78 is 0. The largest absolute Gasteiger partial charge is 0.336 e. The number of hydrogen-bond donors (Lipinski definition) is 0. The zero-order valence-electron chi connectivity index (χ0n) is 9.95. The van der Waals surface area contributed by atoms with Crippen molar-refractivity contribution < 1.29 is 9.59 Å². The second-order valence-corrected chi connectivity index (χ2v) is 3.91. The molecule has 1 saturated heterocycles. The lowest BCUT2D eigenvalue weighted by atomic mass is 10.2. The van der Waals surface area contributed by atoms with Gasteiger partial charge in [-0.15, -0.1) is 0 Å². The van der Waals surface area contributed by atoms with Gasteiger partial charge in [-0.2, -0.15) is 0 Å². The maximum absolute atomic E-state index is 12.0. The number of carbonyl (C=O) groups is 2. The van der Waals surface area contributed by atoms with Crippen LogP contribution in [0.3, 0.4) is 0 Å². The van der Waals surface area contributed by atoms with E-state index in [1.807, 2.05) is 0 Å². The van der Waals surface area contributed by atoms with E-state index in [0.717, 1.165) is 0 Å². The molecule has 2 rings (SSSR count). The Labute approximate surface area is 105 Å². The Kier molecular flexibility index (Phi) is 3.66. The van der Waals surface area contributed by atoms with Gasteiger partial charge in [0.15, 0.2) is 0 Å². The predicted octanol–water partition coefficient (Wildman–Crippen LogP) is -0.0530. The average Bonchev–Trinajstić information content (AvgIpc) is 2.47. The fourth-order valence-corrected chi connectivity index (χ4v) is 1.83. The molecular formula is C12H14N4O2. The first-order chi connectivity index (χ1) is 8.72. The third kappa shape index (κ3) is 2.53. The molecule has 0 unspecified atom stereocenters. The number of aromatic nitrogens is 2. The highest BCUT2D eigenvalue weighted by Crippen LogP contribution is 2.06. The molecule has 1 fully saturated rings. The van der Waals surface area contributed by atoms with Crippen LogP contribution in [0, 0.1) is 0 Å². The molecule has 1 aromatic heterocycles. The molecular weight excluding hydrogens is 232 g/mol. The number of hydrogen-bond acceptors (Lipinski definition) is 4. The first-order valence-electron chi connectivity index (χ1n) is 5.69. The SMILES string of the molecule is C=CC(=O)N1CCN(C(=O)c2cnccn2)CC1. The second kappa shape index (κ2) is 5.39. The monoisotopic (exact) mass is 246 g/mol. The minimum Gasteiger partial charge on any atom is -0.336 e. The van der Waals surface area contributed by atoms with Crippen LogP contribution >= 0.6 is 0 Å². The molecule has 0 radical (unpaired) electrons. The third-order valence-corrected chi connectivity index (χ3v) is 2.84. The number of nitrogens with zero attached hydrogens (tertiary/aromatic N) is 4. The first kappa shape index (κ1) is 12.2. The normalized spacial score (nSPS) is 15.3. The van der Waals surface area contributed by atoms with Gasteiger partial charge in [-0.3, -0.25) is 14.6 Å². The summed E-state index contributed by atoms with van der Waals surface area (Å²) in [5.41, 5.74) is 0.334. The van der Waals surface area contributed by atoms with Crippen LogP contribution in [0.1, 0.15) is 10.5 Å². The Bertz CT molecular complexity index is 452. The summed E-state index contributed by atoms with van der Waals surface area (Å²) >= 11 is 0. The molecule has 0 saturated carbocycles. The molecule has 0 aliphatic carbocycles. The first-order valence-corrected chi connectivity index (χ1v) is 5.69. The van der Waals surface area contributed by atoms with E-state index in [-0.39, 0.29) is 11.8 Å². The molecule has 6 nitrogen and oxygen atoms in total. The van der Waals surface area contributed by atoms with Gasteiger partial charge in [0.25, 0.3) is 5.91 Å². The molecule has 6 heteroatoms. The van der Waals surface area contributed by atoms with E-state index in [1.165, 1.54) is 24.7 Å². The summed E-state index contributed by atoms with van der Waals surface area (Å²) in [6.07, 6.45) is 5.76. The molecule has 0 atom stereocenters. The van der Waals surface area contributed by atoms with Crippen molar-refractivity contribution in [1.29, 1.82) is 0 Å². The van der Waals surface area contributed by atoms with Gasteiger partial charge in [-0.1, -0.05) is 6.58 Å². The van der Waals surface area contributed by atoms with Gasteiger partial charge >= 0.3 is 0 Å². The Balaban J connectivity index is 1.96. The molecule has 1 aromatic rings. The summed E-state index contributed by atoms with van der Waals surface area (Å²) in [4.78, 5) is 34.6. The predicted molar refractivity (Wildman–Crippen MR) is 64.7 cm³/mol. The molecule has 0 aromatic carbocycles. The van der Waals surface area contributed by atoms with Gasteiger partial charge in [-0.25, -0.2) is 4.98 Å². The zero-order chi connectivity index (χ0) is 13.0. The van der Waals surface area contributed by atoms with Crippen LogP contribution in [0.15, 0.2) is 31.2 Å². The second-order valence-electron chi connectivity index (χ2n) is 3.91. The van der Waals surface area contributed by atoms with E-state index in [0.29, 0.717) is 31.9 Å². The van der Waals surface area contributed by atoms with Crippen molar-refractivity contribution in [2.75, 3.05) is 26.2 Å². The summed E-state index contributed by atoms with van der Waals surface area (Å²) in [5.74, 6) is -0.240. The number of rotatable bonds is 2. The van der Waals surface area contributed by atoms with Gasteiger partial charge in [0.05, 0.1) is 6.20 Å². The average molecular weight is 246 g/mol. The van der Waals surface area contributed by atoms with Gasteiger partial charge in [0.2, 0.25) is 5.91 Å². The Morgan fingerprint density at radius 3 is 2.39 bits per heavy atom. The lowest BCUT2D eigenvalue weighted by molar-refractivity contribution is -0.127. The summed E-state index contributed by atoms with van der Waals surface area (Å²) in [6.45, 7) is 5.51. The van der Waals surface area contributed by atoms with E-state index in [9.17, 15) is 9.59 Å². The summed E-state index contributed by atoms with van der Waals surface area (Å²) in [5, 5.41) is 0.